The van der Waals surface area contributed by atoms with Crippen LogP contribution in [0.2, 0.25) is 0 Å². The van der Waals surface area contributed by atoms with Crippen LogP contribution in [0.15, 0.2) is 22.7 Å². The fourth-order valence-corrected chi connectivity index (χ4v) is 1.76. The Hall–Kier alpha value is -0.590. The summed E-state index contributed by atoms with van der Waals surface area (Å²) in [4.78, 5) is 11.7. The second-order valence-corrected chi connectivity index (χ2v) is 4.93. The maximum atomic E-state index is 11.7. The van der Waals surface area contributed by atoms with E-state index in [1.807, 2.05) is 0 Å². The minimum absolute atomic E-state index is 0.0433. The Labute approximate surface area is 117 Å². The molecule has 1 aromatic rings. The molecule has 0 fully saturated rings. The summed E-state index contributed by atoms with van der Waals surface area (Å²) < 4.78 is 5.92. The van der Waals surface area contributed by atoms with E-state index in [2.05, 4.69) is 37.2 Å². The van der Waals surface area contributed by atoms with E-state index in [-0.39, 0.29) is 17.2 Å². The number of halogens is 2. The van der Waals surface area contributed by atoms with Crippen LogP contribution < -0.4 is 5.32 Å². The molecule has 17 heavy (non-hydrogen) atoms. The summed E-state index contributed by atoms with van der Waals surface area (Å²) in [5, 5.41) is 13.0. The molecule has 2 N–H and O–H groups in total. The maximum absolute atomic E-state index is 11.7. The Balaban J connectivity index is 2.42. The molecule has 4 nitrogen and oxygen atoms in total. The van der Waals surface area contributed by atoms with E-state index in [1.54, 1.807) is 12.1 Å². The Morgan fingerprint density at radius 2 is 2.18 bits per heavy atom. The second kappa shape index (κ2) is 7.68. The van der Waals surface area contributed by atoms with Gasteiger partial charge in [0.05, 0.1) is 18.8 Å². The molecule has 0 aliphatic rings. The number of hydrogen-bond acceptors (Lipinski definition) is 3. The largest absolute Gasteiger partial charge is 0.507 e. The molecule has 0 unspecified atom stereocenters. The van der Waals surface area contributed by atoms with Gasteiger partial charge in [-0.2, -0.15) is 0 Å². The molecule has 6 heteroatoms. The molecule has 0 saturated carbocycles. The smallest absolute Gasteiger partial charge is 0.255 e. The van der Waals surface area contributed by atoms with Crippen LogP contribution in [0.25, 0.3) is 0 Å². The van der Waals surface area contributed by atoms with Gasteiger partial charge in [0.25, 0.3) is 5.91 Å². The van der Waals surface area contributed by atoms with Crippen molar-refractivity contribution in [2.75, 3.05) is 25.1 Å². The monoisotopic (exact) mass is 365 g/mol. The quantitative estimate of drug-likeness (QED) is 0.600. The first kappa shape index (κ1) is 14.5. The number of ether oxygens (including phenoxy) is 1. The number of carbonyl (C=O) groups is 1. The van der Waals surface area contributed by atoms with Gasteiger partial charge in [-0.05, 0) is 18.2 Å². The Bertz CT molecular complexity index is 385. The third-order valence-electron chi connectivity index (χ3n) is 1.96. The first-order chi connectivity index (χ1) is 8.15. The molecule has 0 saturated heterocycles. The minimum Gasteiger partial charge on any atom is -0.507 e. The number of alkyl halides is 1. The van der Waals surface area contributed by atoms with E-state index in [0.717, 1.165) is 9.80 Å². The van der Waals surface area contributed by atoms with E-state index in [0.29, 0.717) is 19.8 Å². The average molecular weight is 367 g/mol. The van der Waals surface area contributed by atoms with Gasteiger partial charge in [-0.3, -0.25) is 4.79 Å². The van der Waals surface area contributed by atoms with Gasteiger partial charge >= 0.3 is 0 Å². The maximum Gasteiger partial charge on any atom is 0.255 e. The van der Waals surface area contributed by atoms with Crippen molar-refractivity contribution in [2.45, 2.75) is 0 Å². The molecule has 1 aromatic carbocycles. The van der Waals surface area contributed by atoms with E-state index in [1.165, 1.54) is 6.07 Å². The van der Waals surface area contributed by atoms with Gasteiger partial charge in [-0.25, -0.2) is 0 Å². The van der Waals surface area contributed by atoms with Gasteiger partial charge in [0.2, 0.25) is 0 Å². The third kappa shape index (κ3) is 5.06. The predicted molar refractivity (Wildman–Crippen MR) is 72.8 cm³/mol. The summed E-state index contributed by atoms with van der Waals surface area (Å²) in [6.45, 7) is 1.48. The standard InChI is InChI=1S/C11H13Br2NO3/c12-3-5-17-6-4-14-11(16)9-2-1-8(13)7-10(9)15/h1-2,7,15H,3-6H2,(H,14,16). The molecule has 0 aliphatic carbocycles. The van der Waals surface area contributed by atoms with E-state index in [9.17, 15) is 9.90 Å². The molecule has 0 aromatic heterocycles. The first-order valence-electron chi connectivity index (χ1n) is 5.05. The second-order valence-electron chi connectivity index (χ2n) is 3.22. The normalized spacial score (nSPS) is 10.2. The van der Waals surface area contributed by atoms with Crippen LogP contribution in [-0.4, -0.2) is 36.1 Å². The number of aromatic hydroxyl groups is 1. The molecule has 94 valence electrons. The fraction of sp³-hybridized carbons (Fsp3) is 0.364. The predicted octanol–water partition coefficient (Wildman–Crippen LogP) is 2.30. The molecule has 0 aliphatic heterocycles. The van der Waals surface area contributed by atoms with Crippen molar-refractivity contribution in [1.82, 2.24) is 5.32 Å². The number of carbonyl (C=O) groups excluding carboxylic acids is 1. The van der Waals surface area contributed by atoms with Gasteiger partial charge in [0.15, 0.2) is 0 Å². The molecule has 0 spiro atoms. The average Bonchev–Trinajstić information content (AvgIpc) is 2.28. The number of phenolic OH excluding ortho intramolecular Hbond substituents is 1. The van der Waals surface area contributed by atoms with Crippen LogP contribution >= 0.6 is 31.9 Å². The summed E-state index contributed by atoms with van der Waals surface area (Å²) in [6, 6.07) is 4.75. The topological polar surface area (TPSA) is 58.6 Å². The summed E-state index contributed by atoms with van der Waals surface area (Å²) in [5.74, 6) is -0.351. The zero-order valence-electron chi connectivity index (χ0n) is 9.08. The van der Waals surface area contributed by atoms with Crippen molar-refractivity contribution >= 4 is 37.8 Å². The molecule has 0 heterocycles. The highest BCUT2D eigenvalue weighted by atomic mass is 79.9. The van der Waals surface area contributed by atoms with Crippen molar-refractivity contribution in [3.8, 4) is 5.75 Å². The first-order valence-corrected chi connectivity index (χ1v) is 6.97. The molecular weight excluding hydrogens is 354 g/mol. The summed E-state index contributed by atoms with van der Waals surface area (Å²) in [7, 11) is 0. The van der Waals surface area contributed by atoms with Crippen LogP contribution in [0.1, 0.15) is 10.4 Å². The van der Waals surface area contributed by atoms with E-state index >= 15 is 0 Å². The van der Waals surface area contributed by atoms with Crippen LogP contribution in [-0.2, 0) is 4.74 Å². The zero-order valence-corrected chi connectivity index (χ0v) is 12.3. The van der Waals surface area contributed by atoms with Gasteiger partial charge in [-0.15, -0.1) is 0 Å². The number of benzene rings is 1. The minimum atomic E-state index is -0.308. The van der Waals surface area contributed by atoms with Crippen molar-refractivity contribution in [1.29, 1.82) is 0 Å². The highest BCUT2D eigenvalue weighted by molar-refractivity contribution is 9.10. The molecule has 0 atom stereocenters. The number of amides is 1. The lowest BCUT2D eigenvalue weighted by atomic mass is 10.2. The Morgan fingerprint density at radius 1 is 1.41 bits per heavy atom. The number of nitrogens with one attached hydrogen (secondary N) is 1. The van der Waals surface area contributed by atoms with Crippen molar-refractivity contribution in [3.05, 3.63) is 28.2 Å². The van der Waals surface area contributed by atoms with Crippen LogP contribution in [0.4, 0.5) is 0 Å². The summed E-state index contributed by atoms with van der Waals surface area (Å²) in [5.41, 5.74) is 0.258. The fourth-order valence-electron chi connectivity index (χ4n) is 1.19. The van der Waals surface area contributed by atoms with Gasteiger partial charge in [0, 0.05) is 16.3 Å². The van der Waals surface area contributed by atoms with Gasteiger partial charge < -0.3 is 15.2 Å². The lowest BCUT2D eigenvalue weighted by Crippen LogP contribution is -2.27. The van der Waals surface area contributed by atoms with Gasteiger partial charge in [0.1, 0.15) is 5.75 Å². The molecule has 0 radical (unpaired) electrons. The molecule has 1 amide bonds. The van der Waals surface area contributed by atoms with Crippen LogP contribution in [0, 0.1) is 0 Å². The zero-order chi connectivity index (χ0) is 12.7. The van der Waals surface area contributed by atoms with Crippen molar-refractivity contribution < 1.29 is 14.6 Å². The van der Waals surface area contributed by atoms with E-state index in [4.69, 9.17) is 4.74 Å². The van der Waals surface area contributed by atoms with Crippen LogP contribution in [0.3, 0.4) is 0 Å². The SMILES string of the molecule is O=C(NCCOCCBr)c1ccc(Br)cc1O. The summed E-state index contributed by atoms with van der Waals surface area (Å²) >= 11 is 6.44. The highest BCUT2D eigenvalue weighted by Gasteiger charge is 2.10. The van der Waals surface area contributed by atoms with Crippen molar-refractivity contribution in [3.63, 3.8) is 0 Å². The van der Waals surface area contributed by atoms with Crippen molar-refractivity contribution in [2.24, 2.45) is 0 Å². The number of rotatable bonds is 6. The lowest BCUT2D eigenvalue weighted by molar-refractivity contribution is 0.0921. The van der Waals surface area contributed by atoms with Gasteiger partial charge in [-0.1, -0.05) is 31.9 Å². The highest BCUT2D eigenvalue weighted by Crippen LogP contribution is 2.21. The molecule has 0 bridgehead atoms. The molecular formula is C11H13Br2NO3. The summed E-state index contributed by atoms with van der Waals surface area (Å²) in [6.07, 6.45) is 0. The number of phenols is 1. The number of hydrogen-bond donors (Lipinski definition) is 2. The Kier molecular flexibility index (Phi) is 6.54. The Morgan fingerprint density at radius 3 is 2.82 bits per heavy atom. The lowest BCUT2D eigenvalue weighted by Gasteiger charge is -2.07. The van der Waals surface area contributed by atoms with Crippen LogP contribution in [0.5, 0.6) is 5.75 Å². The molecule has 1 rings (SSSR count). The van der Waals surface area contributed by atoms with E-state index < -0.39 is 0 Å². The third-order valence-corrected chi connectivity index (χ3v) is 2.77.